The van der Waals surface area contributed by atoms with Gasteiger partial charge in [0.2, 0.25) is 16.0 Å². The molecule has 3 rings (SSSR count). The standard InChI is InChI=1S/C14H12N4O2S2/c15-22(19,20)11-5-3-10(4-6-11)17-14-16-8-7-12(18-14)13-2-1-9-21-13/h1-9H,(H2,15,19,20)(H,16,17,18). The van der Waals surface area contributed by atoms with Crippen LogP contribution in [-0.4, -0.2) is 18.4 Å². The van der Waals surface area contributed by atoms with Gasteiger partial charge >= 0.3 is 0 Å². The highest BCUT2D eigenvalue weighted by molar-refractivity contribution is 7.89. The van der Waals surface area contributed by atoms with Gasteiger partial charge in [0, 0.05) is 11.9 Å². The van der Waals surface area contributed by atoms with Crippen molar-refractivity contribution in [3.63, 3.8) is 0 Å². The molecule has 0 amide bonds. The predicted molar refractivity (Wildman–Crippen MR) is 86.4 cm³/mol. The fourth-order valence-electron chi connectivity index (χ4n) is 1.84. The van der Waals surface area contributed by atoms with Crippen molar-refractivity contribution in [2.24, 2.45) is 5.14 Å². The third-order valence-electron chi connectivity index (χ3n) is 2.87. The molecule has 0 atom stereocenters. The largest absolute Gasteiger partial charge is 0.324 e. The quantitative estimate of drug-likeness (QED) is 0.765. The number of nitrogens with zero attached hydrogens (tertiary/aromatic N) is 2. The van der Waals surface area contributed by atoms with Crippen molar-refractivity contribution in [3.8, 4) is 10.6 Å². The highest BCUT2D eigenvalue weighted by Crippen LogP contribution is 2.24. The SMILES string of the molecule is NS(=O)(=O)c1ccc(Nc2nccc(-c3cccs3)n2)cc1. The number of hydrogen-bond donors (Lipinski definition) is 2. The summed E-state index contributed by atoms with van der Waals surface area (Å²) < 4.78 is 22.4. The van der Waals surface area contributed by atoms with E-state index in [1.165, 1.54) is 12.1 Å². The molecule has 0 aliphatic heterocycles. The molecule has 0 aliphatic rings. The zero-order valence-electron chi connectivity index (χ0n) is 11.3. The molecule has 0 spiro atoms. The lowest BCUT2D eigenvalue weighted by Gasteiger charge is -2.06. The molecule has 0 bridgehead atoms. The minimum atomic E-state index is -3.69. The van der Waals surface area contributed by atoms with Gasteiger partial charge in [0.15, 0.2) is 0 Å². The van der Waals surface area contributed by atoms with Crippen LogP contribution in [0.2, 0.25) is 0 Å². The number of anilines is 2. The molecule has 0 radical (unpaired) electrons. The second-order valence-electron chi connectivity index (χ2n) is 4.44. The van der Waals surface area contributed by atoms with E-state index in [0.29, 0.717) is 11.6 Å². The molecule has 3 aromatic rings. The summed E-state index contributed by atoms with van der Waals surface area (Å²) in [5.41, 5.74) is 1.50. The second-order valence-corrected chi connectivity index (χ2v) is 6.95. The first kappa shape index (κ1) is 14.6. The Balaban J connectivity index is 1.83. The summed E-state index contributed by atoms with van der Waals surface area (Å²) in [5, 5.41) is 10.1. The lowest BCUT2D eigenvalue weighted by Crippen LogP contribution is -2.11. The van der Waals surface area contributed by atoms with Gasteiger partial charge in [-0.2, -0.15) is 0 Å². The average Bonchev–Trinajstić information content (AvgIpc) is 3.01. The van der Waals surface area contributed by atoms with Gasteiger partial charge in [0.1, 0.15) is 0 Å². The van der Waals surface area contributed by atoms with Gasteiger partial charge in [-0.15, -0.1) is 11.3 Å². The summed E-state index contributed by atoms with van der Waals surface area (Å²) in [7, 11) is -3.69. The van der Waals surface area contributed by atoms with Crippen LogP contribution in [0.1, 0.15) is 0 Å². The van der Waals surface area contributed by atoms with Crippen LogP contribution in [0.25, 0.3) is 10.6 Å². The molecule has 0 unspecified atom stereocenters. The summed E-state index contributed by atoms with van der Waals surface area (Å²) in [5.74, 6) is 0.439. The Hall–Kier alpha value is -2.29. The molecule has 112 valence electrons. The first-order valence-corrected chi connectivity index (χ1v) is 8.72. The fourth-order valence-corrected chi connectivity index (χ4v) is 3.05. The first-order chi connectivity index (χ1) is 10.5. The smallest absolute Gasteiger partial charge is 0.238 e. The van der Waals surface area contributed by atoms with Gasteiger partial charge in [-0.3, -0.25) is 0 Å². The van der Waals surface area contributed by atoms with Crippen LogP contribution >= 0.6 is 11.3 Å². The Labute approximate surface area is 131 Å². The van der Waals surface area contributed by atoms with Gasteiger partial charge in [0.05, 0.1) is 15.5 Å². The Morgan fingerprint density at radius 1 is 1.09 bits per heavy atom. The topological polar surface area (TPSA) is 98.0 Å². The van der Waals surface area contributed by atoms with E-state index >= 15 is 0 Å². The molecule has 1 aromatic carbocycles. The van der Waals surface area contributed by atoms with Gasteiger partial charge in [-0.1, -0.05) is 6.07 Å². The average molecular weight is 332 g/mol. The van der Waals surface area contributed by atoms with Crippen molar-refractivity contribution in [2.75, 3.05) is 5.32 Å². The molecule has 0 aliphatic carbocycles. The van der Waals surface area contributed by atoms with Crippen molar-refractivity contribution in [1.29, 1.82) is 0 Å². The minimum Gasteiger partial charge on any atom is -0.324 e. The molecular formula is C14H12N4O2S2. The van der Waals surface area contributed by atoms with E-state index in [4.69, 9.17) is 5.14 Å². The van der Waals surface area contributed by atoms with Crippen molar-refractivity contribution >= 4 is 33.0 Å². The summed E-state index contributed by atoms with van der Waals surface area (Å²) in [4.78, 5) is 9.69. The van der Waals surface area contributed by atoms with E-state index in [-0.39, 0.29) is 4.90 Å². The number of thiophene rings is 1. The fraction of sp³-hybridized carbons (Fsp3) is 0. The number of primary sulfonamides is 1. The van der Waals surface area contributed by atoms with Crippen LogP contribution in [-0.2, 0) is 10.0 Å². The maximum atomic E-state index is 11.2. The zero-order valence-corrected chi connectivity index (χ0v) is 12.9. The van der Waals surface area contributed by atoms with Crippen LogP contribution in [0, 0.1) is 0 Å². The summed E-state index contributed by atoms with van der Waals surface area (Å²) in [6.07, 6.45) is 1.67. The Kier molecular flexibility index (Phi) is 3.88. The van der Waals surface area contributed by atoms with Crippen LogP contribution < -0.4 is 10.5 Å². The van der Waals surface area contributed by atoms with Gasteiger partial charge < -0.3 is 5.32 Å². The summed E-state index contributed by atoms with van der Waals surface area (Å²) in [6, 6.07) is 11.9. The molecule has 6 nitrogen and oxygen atoms in total. The van der Waals surface area contributed by atoms with E-state index < -0.39 is 10.0 Å². The predicted octanol–water partition coefficient (Wildman–Crippen LogP) is 2.60. The van der Waals surface area contributed by atoms with Crippen LogP contribution in [0.15, 0.2) is 58.9 Å². The zero-order chi connectivity index (χ0) is 15.6. The minimum absolute atomic E-state index is 0.0614. The maximum absolute atomic E-state index is 11.2. The van der Waals surface area contributed by atoms with Crippen molar-refractivity contribution in [2.45, 2.75) is 4.90 Å². The number of aromatic nitrogens is 2. The number of rotatable bonds is 4. The van der Waals surface area contributed by atoms with E-state index in [2.05, 4.69) is 15.3 Å². The number of nitrogens with one attached hydrogen (secondary N) is 1. The molecule has 0 saturated heterocycles. The molecule has 0 saturated carbocycles. The number of sulfonamides is 1. The molecule has 2 heterocycles. The van der Waals surface area contributed by atoms with Crippen molar-refractivity contribution < 1.29 is 8.42 Å². The van der Waals surface area contributed by atoms with Crippen molar-refractivity contribution in [3.05, 3.63) is 54.0 Å². The monoisotopic (exact) mass is 332 g/mol. The summed E-state index contributed by atoms with van der Waals surface area (Å²) in [6.45, 7) is 0. The normalized spacial score (nSPS) is 11.3. The van der Waals surface area contributed by atoms with Crippen LogP contribution in [0.3, 0.4) is 0 Å². The Morgan fingerprint density at radius 3 is 2.50 bits per heavy atom. The highest BCUT2D eigenvalue weighted by atomic mass is 32.2. The Morgan fingerprint density at radius 2 is 1.86 bits per heavy atom. The number of hydrogen-bond acceptors (Lipinski definition) is 6. The van der Waals surface area contributed by atoms with Crippen LogP contribution in [0.5, 0.6) is 0 Å². The molecule has 2 aromatic heterocycles. The highest BCUT2D eigenvalue weighted by Gasteiger charge is 2.07. The third-order valence-corrected chi connectivity index (χ3v) is 4.69. The molecule has 22 heavy (non-hydrogen) atoms. The lowest BCUT2D eigenvalue weighted by atomic mass is 10.3. The second kappa shape index (κ2) is 5.84. The third kappa shape index (κ3) is 3.30. The summed E-state index contributed by atoms with van der Waals surface area (Å²) >= 11 is 1.60. The number of benzene rings is 1. The van der Waals surface area contributed by atoms with Crippen molar-refractivity contribution in [1.82, 2.24) is 9.97 Å². The molecule has 8 heteroatoms. The van der Waals surface area contributed by atoms with Gasteiger partial charge in [-0.05, 0) is 41.8 Å². The lowest BCUT2D eigenvalue weighted by molar-refractivity contribution is 0.598. The van der Waals surface area contributed by atoms with E-state index in [1.54, 1.807) is 29.7 Å². The van der Waals surface area contributed by atoms with E-state index in [9.17, 15) is 8.42 Å². The van der Waals surface area contributed by atoms with Gasteiger partial charge in [-0.25, -0.2) is 23.5 Å². The van der Waals surface area contributed by atoms with Gasteiger partial charge in [0.25, 0.3) is 0 Å². The first-order valence-electron chi connectivity index (χ1n) is 6.29. The Bertz CT molecular complexity index is 875. The molecule has 3 N–H and O–H groups in total. The van der Waals surface area contributed by atoms with Crippen LogP contribution in [0.4, 0.5) is 11.6 Å². The molecule has 0 fully saturated rings. The van der Waals surface area contributed by atoms with E-state index in [1.807, 2.05) is 23.6 Å². The number of nitrogens with two attached hydrogens (primary N) is 1. The maximum Gasteiger partial charge on any atom is 0.238 e. The molecular weight excluding hydrogens is 320 g/mol. The van der Waals surface area contributed by atoms with E-state index in [0.717, 1.165) is 10.6 Å².